The Morgan fingerprint density at radius 1 is 1.05 bits per heavy atom. The lowest BCUT2D eigenvalue weighted by molar-refractivity contribution is 0.0650. The van der Waals surface area contributed by atoms with Gasteiger partial charge >= 0.3 is 0 Å². The molecule has 0 spiro atoms. The Kier molecular flexibility index (Phi) is 13.0. The molecule has 0 amide bonds. The van der Waals surface area contributed by atoms with E-state index >= 15 is 0 Å². The minimum absolute atomic E-state index is 0.0278. The number of ether oxygens (including phenoxy) is 2. The third-order valence-corrected chi connectivity index (χ3v) is 2.38. The zero-order valence-electron chi connectivity index (χ0n) is 11.3. The van der Waals surface area contributed by atoms with Gasteiger partial charge in [-0.2, -0.15) is 0 Å². The summed E-state index contributed by atoms with van der Waals surface area (Å²) in [6.07, 6.45) is 2.22. The Bertz CT molecular complexity index is 303. The Balaban J connectivity index is 0.000000399. The molecule has 0 bridgehead atoms. The number of halogens is 1. The van der Waals surface area contributed by atoms with E-state index in [2.05, 4.69) is 11.7 Å². The smallest absolute Gasteiger partial charge is 0.137 e. The molecule has 5 heteroatoms. The standard InChI is InChI=1S/C10H13ClO.C4H10O3/c1-2-3-8-12-10-7-5-4-6-9(10)11;5-1-3-7-4-2-6/h4-7H,2-3,8H2,1H3;5-6H,1-4H2. The average Bonchev–Trinajstić information content (AvgIpc) is 2.43. The average molecular weight is 291 g/mol. The predicted octanol–water partition coefficient (Wildman–Crippen LogP) is 2.51. The van der Waals surface area contributed by atoms with Crippen molar-refractivity contribution in [3.8, 4) is 5.75 Å². The molecule has 0 fully saturated rings. The number of benzene rings is 1. The van der Waals surface area contributed by atoms with Gasteiger partial charge in [-0.25, -0.2) is 0 Å². The normalized spacial score (nSPS) is 9.68. The fraction of sp³-hybridized carbons (Fsp3) is 0.571. The van der Waals surface area contributed by atoms with Crippen LogP contribution in [0, 0.1) is 0 Å². The lowest BCUT2D eigenvalue weighted by atomic mass is 10.3. The van der Waals surface area contributed by atoms with Gasteiger partial charge in [0.1, 0.15) is 5.75 Å². The molecule has 0 saturated carbocycles. The van der Waals surface area contributed by atoms with Crippen molar-refractivity contribution in [2.24, 2.45) is 0 Å². The second-order valence-electron chi connectivity index (χ2n) is 3.69. The lowest BCUT2D eigenvalue weighted by Gasteiger charge is -2.05. The number of aliphatic hydroxyl groups excluding tert-OH is 2. The van der Waals surface area contributed by atoms with Crippen LogP contribution in [0.2, 0.25) is 5.02 Å². The van der Waals surface area contributed by atoms with Crippen LogP contribution in [0.5, 0.6) is 5.75 Å². The van der Waals surface area contributed by atoms with Gasteiger partial charge in [0.25, 0.3) is 0 Å². The number of rotatable bonds is 8. The van der Waals surface area contributed by atoms with Crippen molar-refractivity contribution >= 4 is 11.6 Å². The summed E-state index contributed by atoms with van der Waals surface area (Å²) in [6, 6.07) is 7.54. The molecule has 19 heavy (non-hydrogen) atoms. The first-order valence-electron chi connectivity index (χ1n) is 6.43. The third kappa shape index (κ3) is 10.8. The molecule has 0 atom stereocenters. The van der Waals surface area contributed by atoms with Crippen LogP contribution in [0.4, 0.5) is 0 Å². The monoisotopic (exact) mass is 290 g/mol. The molecule has 1 aromatic carbocycles. The Labute approximate surface area is 119 Å². The van der Waals surface area contributed by atoms with Gasteiger partial charge in [0.15, 0.2) is 0 Å². The van der Waals surface area contributed by atoms with Crippen molar-refractivity contribution in [3.63, 3.8) is 0 Å². The highest BCUT2D eigenvalue weighted by atomic mass is 35.5. The van der Waals surface area contributed by atoms with Crippen LogP contribution < -0.4 is 4.74 Å². The molecular weight excluding hydrogens is 268 g/mol. The summed E-state index contributed by atoms with van der Waals surface area (Å²) in [6.45, 7) is 3.58. The van der Waals surface area contributed by atoms with Gasteiger partial charge in [0.05, 0.1) is 38.1 Å². The molecule has 110 valence electrons. The summed E-state index contributed by atoms with van der Waals surface area (Å²) in [7, 11) is 0. The molecular formula is C14H23ClO4. The lowest BCUT2D eigenvalue weighted by Crippen LogP contribution is -2.03. The topological polar surface area (TPSA) is 58.9 Å². The molecule has 0 unspecified atom stereocenters. The van der Waals surface area contributed by atoms with Crippen LogP contribution in [0.3, 0.4) is 0 Å². The fourth-order valence-electron chi connectivity index (χ4n) is 1.12. The summed E-state index contributed by atoms with van der Waals surface area (Å²) in [4.78, 5) is 0. The molecule has 0 aliphatic rings. The molecule has 0 heterocycles. The maximum atomic E-state index is 8.09. The van der Waals surface area contributed by atoms with E-state index in [1.807, 2.05) is 24.3 Å². The first-order valence-corrected chi connectivity index (χ1v) is 6.80. The molecule has 0 saturated heterocycles. The zero-order chi connectivity index (χ0) is 14.3. The second-order valence-corrected chi connectivity index (χ2v) is 4.10. The number of hydrogen-bond donors (Lipinski definition) is 2. The van der Waals surface area contributed by atoms with E-state index in [0.29, 0.717) is 18.2 Å². The van der Waals surface area contributed by atoms with Crippen LogP contribution >= 0.6 is 11.6 Å². The summed E-state index contributed by atoms with van der Waals surface area (Å²) in [5, 5.41) is 16.9. The maximum absolute atomic E-state index is 8.09. The highest BCUT2D eigenvalue weighted by Gasteiger charge is 1.97. The first-order chi connectivity index (χ1) is 9.26. The predicted molar refractivity (Wildman–Crippen MR) is 76.8 cm³/mol. The van der Waals surface area contributed by atoms with E-state index in [0.717, 1.165) is 25.2 Å². The van der Waals surface area contributed by atoms with Crippen LogP contribution in [-0.4, -0.2) is 43.2 Å². The molecule has 0 radical (unpaired) electrons. The second kappa shape index (κ2) is 13.6. The van der Waals surface area contributed by atoms with Crippen LogP contribution in [0.15, 0.2) is 24.3 Å². The van der Waals surface area contributed by atoms with Gasteiger partial charge in [-0.3, -0.25) is 0 Å². The van der Waals surface area contributed by atoms with Crippen molar-refractivity contribution in [3.05, 3.63) is 29.3 Å². The highest BCUT2D eigenvalue weighted by molar-refractivity contribution is 6.32. The van der Waals surface area contributed by atoms with Gasteiger partial charge in [-0.1, -0.05) is 37.1 Å². The number of unbranched alkanes of at least 4 members (excludes halogenated alkanes) is 1. The third-order valence-electron chi connectivity index (χ3n) is 2.06. The highest BCUT2D eigenvalue weighted by Crippen LogP contribution is 2.23. The van der Waals surface area contributed by atoms with Crippen molar-refractivity contribution in [2.45, 2.75) is 19.8 Å². The number of hydrogen-bond acceptors (Lipinski definition) is 4. The SMILES string of the molecule is CCCCOc1ccccc1Cl.OCCOCCO. The Morgan fingerprint density at radius 2 is 1.68 bits per heavy atom. The zero-order valence-corrected chi connectivity index (χ0v) is 12.1. The largest absolute Gasteiger partial charge is 0.492 e. The van der Waals surface area contributed by atoms with Crippen molar-refractivity contribution in [1.29, 1.82) is 0 Å². The van der Waals surface area contributed by atoms with Crippen LogP contribution in [-0.2, 0) is 4.74 Å². The molecule has 1 rings (SSSR count). The van der Waals surface area contributed by atoms with Gasteiger partial charge < -0.3 is 19.7 Å². The van der Waals surface area contributed by atoms with E-state index in [9.17, 15) is 0 Å². The molecule has 2 N–H and O–H groups in total. The molecule has 0 aliphatic heterocycles. The fourth-order valence-corrected chi connectivity index (χ4v) is 1.31. The van der Waals surface area contributed by atoms with Gasteiger partial charge in [-0.15, -0.1) is 0 Å². The maximum Gasteiger partial charge on any atom is 0.137 e. The summed E-state index contributed by atoms with van der Waals surface area (Å²) >= 11 is 5.88. The van der Waals surface area contributed by atoms with E-state index in [1.165, 1.54) is 0 Å². The van der Waals surface area contributed by atoms with Crippen molar-refractivity contribution in [2.75, 3.05) is 33.0 Å². The number of para-hydroxylation sites is 1. The molecule has 0 aliphatic carbocycles. The van der Waals surface area contributed by atoms with E-state index in [1.54, 1.807) is 0 Å². The molecule has 1 aromatic rings. The summed E-state index contributed by atoms with van der Waals surface area (Å²) < 4.78 is 10.1. The first kappa shape index (κ1) is 18.2. The van der Waals surface area contributed by atoms with Crippen molar-refractivity contribution in [1.82, 2.24) is 0 Å². The Morgan fingerprint density at radius 3 is 2.21 bits per heavy atom. The molecule has 0 aromatic heterocycles. The minimum atomic E-state index is 0.0278. The van der Waals surface area contributed by atoms with Crippen LogP contribution in [0.1, 0.15) is 19.8 Å². The number of aliphatic hydroxyl groups is 2. The van der Waals surface area contributed by atoms with E-state index < -0.39 is 0 Å². The minimum Gasteiger partial charge on any atom is -0.492 e. The van der Waals surface area contributed by atoms with Gasteiger partial charge in [0, 0.05) is 0 Å². The van der Waals surface area contributed by atoms with Gasteiger partial charge in [0.2, 0.25) is 0 Å². The van der Waals surface area contributed by atoms with Crippen molar-refractivity contribution < 1.29 is 19.7 Å². The Hall–Kier alpha value is -0.810. The quantitative estimate of drug-likeness (QED) is 0.722. The summed E-state index contributed by atoms with van der Waals surface area (Å²) in [5.74, 6) is 0.785. The van der Waals surface area contributed by atoms with E-state index in [-0.39, 0.29) is 13.2 Å². The molecule has 4 nitrogen and oxygen atoms in total. The van der Waals surface area contributed by atoms with E-state index in [4.69, 9.17) is 26.6 Å². The van der Waals surface area contributed by atoms with Crippen LogP contribution in [0.25, 0.3) is 0 Å². The van der Waals surface area contributed by atoms with Gasteiger partial charge in [-0.05, 0) is 18.6 Å². The summed E-state index contributed by atoms with van der Waals surface area (Å²) in [5.41, 5.74) is 0.